The Balaban J connectivity index is 1.84. The van der Waals surface area contributed by atoms with E-state index >= 15 is 0 Å². The number of hydrogen-bond donors (Lipinski definition) is 1. The van der Waals surface area contributed by atoms with E-state index in [-0.39, 0.29) is 11.8 Å². The number of fused-ring (bicyclic) bond motifs is 1. The summed E-state index contributed by atoms with van der Waals surface area (Å²) in [5.74, 6) is 0.564. The van der Waals surface area contributed by atoms with E-state index in [0.717, 1.165) is 11.1 Å². The van der Waals surface area contributed by atoms with Crippen molar-refractivity contribution in [3.05, 3.63) is 59.7 Å². The monoisotopic (exact) mass is 366 g/mol. The second-order valence-electron chi connectivity index (χ2n) is 6.35. The van der Waals surface area contributed by atoms with Gasteiger partial charge < -0.3 is 14.8 Å². The second kappa shape index (κ2) is 7.15. The Morgan fingerprint density at radius 2 is 1.70 bits per heavy atom. The third-order valence-electron chi connectivity index (χ3n) is 4.73. The Kier molecular flexibility index (Phi) is 4.90. The maximum Gasteiger partial charge on any atom is 0.259 e. The van der Waals surface area contributed by atoms with Crippen LogP contribution in [0, 0.1) is 6.92 Å². The summed E-state index contributed by atoms with van der Waals surface area (Å²) in [6.45, 7) is 7.53. The summed E-state index contributed by atoms with van der Waals surface area (Å²) in [6, 6.07) is 9.99. The Hall–Kier alpha value is -3.28. The highest BCUT2D eigenvalue weighted by Crippen LogP contribution is 2.35. The molecule has 0 saturated carbocycles. The predicted octanol–water partition coefficient (Wildman–Crippen LogP) is 3.47. The number of amides is 2. The van der Waals surface area contributed by atoms with Crippen LogP contribution in [0.2, 0.25) is 0 Å². The molecule has 2 amide bonds. The van der Waals surface area contributed by atoms with Gasteiger partial charge >= 0.3 is 0 Å². The molecule has 1 N–H and O–H groups in total. The molecule has 3 rings (SSSR count). The van der Waals surface area contributed by atoms with Gasteiger partial charge in [0.15, 0.2) is 11.5 Å². The number of ether oxygens (including phenoxy) is 2. The first-order chi connectivity index (χ1) is 12.9. The molecule has 1 aliphatic heterocycles. The first-order valence-electron chi connectivity index (χ1n) is 8.54. The molecule has 0 unspecified atom stereocenters. The van der Waals surface area contributed by atoms with Crippen molar-refractivity contribution in [1.29, 1.82) is 0 Å². The molecule has 140 valence electrons. The van der Waals surface area contributed by atoms with Crippen LogP contribution in [0.5, 0.6) is 11.5 Å². The van der Waals surface area contributed by atoms with E-state index in [1.54, 1.807) is 38.3 Å². The molecule has 6 heteroatoms. The van der Waals surface area contributed by atoms with E-state index < -0.39 is 6.04 Å². The third kappa shape index (κ3) is 3.14. The van der Waals surface area contributed by atoms with Crippen molar-refractivity contribution >= 4 is 23.2 Å². The van der Waals surface area contributed by atoms with Gasteiger partial charge in [0.1, 0.15) is 6.04 Å². The molecular weight excluding hydrogens is 344 g/mol. The van der Waals surface area contributed by atoms with Crippen LogP contribution in [0.4, 0.5) is 5.69 Å². The van der Waals surface area contributed by atoms with Crippen LogP contribution >= 0.6 is 0 Å². The average Bonchev–Trinajstić information content (AvgIpc) is 2.93. The molecule has 0 saturated heterocycles. The number of anilines is 1. The van der Waals surface area contributed by atoms with Crippen molar-refractivity contribution in [2.24, 2.45) is 0 Å². The molecule has 6 nitrogen and oxygen atoms in total. The van der Waals surface area contributed by atoms with Crippen molar-refractivity contribution in [3.8, 4) is 11.5 Å². The molecule has 0 fully saturated rings. The van der Waals surface area contributed by atoms with Crippen molar-refractivity contribution in [3.63, 3.8) is 0 Å². The van der Waals surface area contributed by atoms with E-state index in [9.17, 15) is 9.59 Å². The van der Waals surface area contributed by atoms with Gasteiger partial charge in [-0.3, -0.25) is 14.5 Å². The highest BCUT2D eigenvalue weighted by atomic mass is 16.5. The SMILES string of the molecule is C=C1c2ccccc2C(=O)N1[C@@H](C)C(=O)Nc1cc(OC)c(OC)cc1C. The molecule has 0 bridgehead atoms. The lowest BCUT2D eigenvalue weighted by Gasteiger charge is -2.25. The van der Waals surface area contributed by atoms with Gasteiger partial charge in [-0.2, -0.15) is 0 Å². The van der Waals surface area contributed by atoms with Gasteiger partial charge in [-0.1, -0.05) is 24.8 Å². The minimum atomic E-state index is -0.718. The van der Waals surface area contributed by atoms with Gasteiger partial charge in [-0.25, -0.2) is 0 Å². The van der Waals surface area contributed by atoms with E-state index in [1.165, 1.54) is 12.0 Å². The van der Waals surface area contributed by atoms with Gasteiger partial charge in [0.2, 0.25) is 5.91 Å². The van der Waals surface area contributed by atoms with Gasteiger partial charge in [0.25, 0.3) is 5.91 Å². The van der Waals surface area contributed by atoms with Gasteiger partial charge in [0.05, 0.1) is 14.2 Å². The largest absolute Gasteiger partial charge is 0.493 e. The Labute approximate surface area is 158 Å². The van der Waals surface area contributed by atoms with Crippen LogP contribution in [-0.2, 0) is 4.79 Å². The highest BCUT2D eigenvalue weighted by Gasteiger charge is 2.36. The molecule has 27 heavy (non-hydrogen) atoms. The Morgan fingerprint density at radius 1 is 1.11 bits per heavy atom. The van der Waals surface area contributed by atoms with E-state index in [0.29, 0.717) is 28.4 Å². The maximum absolute atomic E-state index is 12.8. The Bertz CT molecular complexity index is 901. The summed E-state index contributed by atoms with van der Waals surface area (Å²) in [5.41, 5.74) is 3.26. The number of carbonyl (C=O) groups is 2. The number of rotatable bonds is 5. The van der Waals surface area contributed by atoms with Crippen molar-refractivity contribution in [2.75, 3.05) is 19.5 Å². The molecule has 0 aliphatic carbocycles. The number of nitrogens with one attached hydrogen (secondary N) is 1. The molecule has 0 aromatic heterocycles. The number of aryl methyl sites for hydroxylation is 1. The lowest BCUT2D eigenvalue weighted by Crippen LogP contribution is -2.41. The summed E-state index contributed by atoms with van der Waals surface area (Å²) >= 11 is 0. The van der Waals surface area contributed by atoms with E-state index in [2.05, 4.69) is 11.9 Å². The predicted molar refractivity (Wildman–Crippen MR) is 104 cm³/mol. The number of benzene rings is 2. The van der Waals surface area contributed by atoms with Gasteiger partial charge in [-0.05, 0) is 31.5 Å². The van der Waals surface area contributed by atoms with Crippen molar-refractivity contribution < 1.29 is 19.1 Å². The zero-order chi connectivity index (χ0) is 19.7. The number of carbonyl (C=O) groups excluding carboxylic acids is 2. The molecule has 2 aromatic rings. The topological polar surface area (TPSA) is 67.9 Å². The number of hydrogen-bond acceptors (Lipinski definition) is 4. The molecule has 0 spiro atoms. The molecule has 2 aromatic carbocycles. The first-order valence-corrected chi connectivity index (χ1v) is 8.54. The highest BCUT2D eigenvalue weighted by molar-refractivity contribution is 6.12. The summed E-state index contributed by atoms with van der Waals surface area (Å²) in [4.78, 5) is 27.0. The number of nitrogens with zero attached hydrogens (tertiary/aromatic N) is 1. The average molecular weight is 366 g/mol. The maximum atomic E-state index is 12.8. The van der Waals surface area contributed by atoms with Crippen molar-refractivity contribution in [1.82, 2.24) is 4.90 Å². The standard InChI is InChI=1S/C21H22N2O4/c1-12-10-18(26-4)19(27-5)11-17(12)22-20(24)14(3)23-13(2)15-8-6-7-9-16(15)21(23)25/h6-11,14H,2H2,1,3-5H3,(H,22,24)/t14-/m0/s1. The summed E-state index contributed by atoms with van der Waals surface area (Å²) in [7, 11) is 3.09. The molecule has 0 radical (unpaired) electrons. The quantitative estimate of drug-likeness (QED) is 0.880. The number of methoxy groups -OCH3 is 2. The van der Waals surface area contributed by atoms with Crippen LogP contribution < -0.4 is 14.8 Å². The molecule has 1 heterocycles. The molecular formula is C21H22N2O4. The first kappa shape index (κ1) is 18.5. The smallest absolute Gasteiger partial charge is 0.259 e. The molecule has 1 aliphatic rings. The van der Waals surface area contributed by atoms with Gasteiger partial charge in [-0.15, -0.1) is 0 Å². The zero-order valence-corrected chi connectivity index (χ0v) is 15.8. The van der Waals surface area contributed by atoms with Crippen LogP contribution in [0.1, 0.15) is 28.4 Å². The fourth-order valence-corrected chi connectivity index (χ4v) is 3.18. The molecule has 1 atom stereocenters. The van der Waals surface area contributed by atoms with E-state index in [1.807, 2.05) is 19.1 Å². The van der Waals surface area contributed by atoms with Gasteiger partial charge in [0, 0.05) is 28.6 Å². The summed E-state index contributed by atoms with van der Waals surface area (Å²) in [5, 5.41) is 2.87. The normalized spacial score (nSPS) is 14.0. The van der Waals surface area contributed by atoms with Crippen LogP contribution in [0.25, 0.3) is 5.70 Å². The fourth-order valence-electron chi connectivity index (χ4n) is 3.18. The zero-order valence-electron chi connectivity index (χ0n) is 15.8. The lowest BCUT2D eigenvalue weighted by molar-refractivity contribution is -0.119. The lowest BCUT2D eigenvalue weighted by atomic mass is 10.1. The van der Waals surface area contributed by atoms with Crippen LogP contribution in [0.3, 0.4) is 0 Å². The Morgan fingerprint density at radius 3 is 2.30 bits per heavy atom. The van der Waals surface area contributed by atoms with Crippen molar-refractivity contribution in [2.45, 2.75) is 19.9 Å². The minimum Gasteiger partial charge on any atom is -0.493 e. The van der Waals surface area contributed by atoms with Crippen LogP contribution in [0.15, 0.2) is 43.0 Å². The summed E-state index contributed by atoms with van der Waals surface area (Å²) < 4.78 is 10.6. The summed E-state index contributed by atoms with van der Waals surface area (Å²) in [6.07, 6.45) is 0. The fraction of sp³-hybridized carbons (Fsp3) is 0.238. The van der Waals surface area contributed by atoms with E-state index in [4.69, 9.17) is 9.47 Å². The minimum absolute atomic E-state index is 0.220. The third-order valence-corrected chi connectivity index (χ3v) is 4.73. The van der Waals surface area contributed by atoms with Crippen LogP contribution in [-0.4, -0.2) is 37.0 Å². The second-order valence-corrected chi connectivity index (χ2v) is 6.35.